The number of carboxylic acid groups (broad SMARTS) is 1. The van der Waals surface area contributed by atoms with E-state index >= 15 is 0 Å². The van der Waals surface area contributed by atoms with Crippen LogP contribution in [0.3, 0.4) is 0 Å². The predicted octanol–water partition coefficient (Wildman–Crippen LogP) is 3.31. The molecule has 0 aliphatic rings. The highest BCUT2D eigenvalue weighted by molar-refractivity contribution is 7.59. The molecule has 0 aliphatic heterocycles. The second kappa shape index (κ2) is 7.79. The number of pyridine rings is 2. The number of aromatic carboxylic acids is 1. The Hall–Kier alpha value is -3.23. The minimum Gasteiger partial charge on any atom is -0.477 e. The molecule has 0 saturated carbocycles. The molecule has 0 aliphatic carbocycles. The van der Waals surface area contributed by atoms with E-state index in [9.17, 15) is 9.90 Å². The van der Waals surface area contributed by atoms with E-state index in [1.807, 2.05) is 43.3 Å². The maximum absolute atomic E-state index is 11.2. The smallest absolute Gasteiger partial charge is 0.354 e. The van der Waals surface area contributed by atoms with E-state index < -0.39 is 5.97 Å². The third-order valence-electron chi connectivity index (χ3n) is 4.27. The standard InChI is InChI=1S/C20H17N5O2.H2S/c1-12(21)15-4-2-5-16(23-15)13-8-9-14-11-22-25(18(14)10-13)19-7-3-6-17(24-19)20(26)27;/h2-12H,21H2,1H3,(H,26,27);1H2/t12-;/m0./s1. The average Bonchev–Trinajstić information content (AvgIpc) is 3.11. The normalized spacial score (nSPS) is 11.8. The van der Waals surface area contributed by atoms with Gasteiger partial charge >= 0.3 is 5.97 Å². The van der Waals surface area contributed by atoms with Gasteiger partial charge in [-0.25, -0.2) is 14.5 Å². The summed E-state index contributed by atoms with van der Waals surface area (Å²) >= 11 is 0. The maximum Gasteiger partial charge on any atom is 0.354 e. The maximum atomic E-state index is 11.2. The molecule has 4 aromatic rings. The Bertz CT molecular complexity index is 1160. The number of carboxylic acids is 1. The second-order valence-electron chi connectivity index (χ2n) is 6.25. The van der Waals surface area contributed by atoms with Crippen molar-refractivity contribution < 1.29 is 9.90 Å². The fourth-order valence-electron chi connectivity index (χ4n) is 2.89. The zero-order valence-corrected chi connectivity index (χ0v) is 16.1. The van der Waals surface area contributed by atoms with Crippen LogP contribution in [0.2, 0.25) is 0 Å². The molecule has 3 N–H and O–H groups in total. The summed E-state index contributed by atoms with van der Waals surface area (Å²) in [6.45, 7) is 1.89. The summed E-state index contributed by atoms with van der Waals surface area (Å²) in [5.41, 5.74) is 9.27. The van der Waals surface area contributed by atoms with Crippen molar-refractivity contribution in [2.45, 2.75) is 13.0 Å². The first-order valence-corrected chi connectivity index (χ1v) is 8.44. The monoisotopic (exact) mass is 393 g/mol. The lowest BCUT2D eigenvalue weighted by molar-refractivity contribution is 0.0690. The number of carbonyl (C=O) groups is 1. The van der Waals surface area contributed by atoms with Crippen LogP contribution >= 0.6 is 13.5 Å². The molecule has 0 saturated heterocycles. The van der Waals surface area contributed by atoms with Crippen LogP contribution in [0.5, 0.6) is 0 Å². The molecule has 1 atom stereocenters. The van der Waals surface area contributed by atoms with Gasteiger partial charge in [0.2, 0.25) is 0 Å². The highest BCUT2D eigenvalue weighted by Crippen LogP contribution is 2.25. The Labute approximate surface area is 168 Å². The third kappa shape index (κ3) is 3.60. The molecule has 8 heteroatoms. The molecule has 1 aromatic carbocycles. The molecule has 0 amide bonds. The number of fused-ring (bicyclic) bond motifs is 1. The summed E-state index contributed by atoms with van der Waals surface area (Å²) < 4.78 is 1.63. The fourth-order valence-corrected chi connectivity index (χ4v) is 2.89. The van der Waals surface area contributed by atoms with Crippen LogP contribution in [-0.4, -0.2) is 30.8 Å². The minimum atomic E-state index is -1.08. The van der Waals surface area contributed by atoms with Gasteiger partial charge in [0.25, 0.3) is 0 Å². The molecule has 4 rings (SSSR count). The molecule has 142 valence electrons. The van der Waals surface area contributed by atoms with Crippen LogP contribution in [0.4, 0.5) is 0 Å². The molecule has 0 radical (unpaired) electrons. The Morgan fingerprint density at radius 3 is 2.64 bits per heavy atom. The Morgan fingerprint density at radius 1 is 1.11 bits per heavy atom. The van der Waals surface area contributed by atoms with Crippen molar-refractivity contribution in [2.24, 2.45) is 5.73 Å². The van der Waals surface area contributed by atoms with Gasteiger partial charge in [0.1, 0.15) is 0 Å². The van der Waals surface area contributed by atoms with Gasteiger partial charge in [-0.05, 0) is 37.3 Å². The highest BCUT2D eigenvalue weighted by atomic mass is 32.1. The molecule has 0 spiro atoms. The number of hydrogen-bond acceptors (Lipinski definition) is 5. The summed E-state index contributed by atoms with van der Waals surface area (Å²) in [5.74, 6) is -0.634. The number of aromatic nitrogens is 4. The van der Waals surface area contributed by atoms with Crippen molar-refractivity contribution in [3.63, 3.8) is 0 Å². The first kappa shape index (κ1) is 19.5. The van der Waals surface area contributed by atoms with Crippen LogP contribution in [0.1, 0.15) is 29.1 Å². The van der Waals surface area contributed by atoms with Crippen LogP contribution in [0.15, 0.2) is 60.8 Å². The van der Waals surface area contributed by atoms with Crippen molar-refractivity contribution >= 4 is 30.4 Å². The first-order valence-electron chi connectivity index (χ1n) is 8.44. The molecular weight excluding hydrogens is 374 g/mol. The van der Waals surface area contributed by atoms with E-state index in [1.54, 1.807) is 23.0 Å². The zero-order valence-electron chi connectivity index (χ0n) is 15.1. The Kier molecular flexibility index (Phi) is 5.43. The van der Waals surface area contributed by atoms with E-state index in [2.05, 4.69) is 15.1 Å². The van der Waals surface area contributed by atoms with Crippen LogP contribution in [-0.2, 0) is 0 Å². The second-order valence-corrected chi connectivity index (χ2v) is 6.25. The number of rotatable bonds is 4. The van der Waals surface area contributed by atoms with Crippen LogP contribution in [0, 0.1) is 0 Å². The molecule has 0 bridgehead atoms. The van der Waals surface area contributed by atoms with Crippen molar-refractivity contribution in [3.05, 3.63) is 72.2 Å². The highest BCUT2D eigenvalue weighted by Gasteiger charge is 2.12. The number of nitrogens with two attached hydrogens (primary N) is 1. The molecule has 28 heavy (non-hydrogen) atoms. The lowest BCUT2D eigenvalue weighted by Crippen LogP contribution is -2.07. The zero-order chi connectivity index (χ0) is 19.0. The number of hydrogen-bond donors (Lipinski definition) is 2. The van der Waals surface area contributed by atoms with Gasteiger partial charge in [0.15, 0.2) is 11.5 Å². The van der Waals surface area contributed by atoms with Gasteiger partial charge < -0.3 is 10.8 Å². The van der Waals surface area contributed by atoms with Crippen molar-refractivity contribution in [1.82, 2.24) is 19.7 Å². The van der Waals surface area contributed by atoms with Gasteiger partial charge in [0, 0.05) is 17.0 Å². The molecular formula is C20H19N5O2S. The van der Waals surface area contributed by atoms with E-state index in [0.717, 1.165) is 27.9 Å². The lowest BCUT2D eigenvalue weighted by atomic mass is 10.1. The van der Waals surface area contributed by atoms with Gasteiger partial charge in [0.05, 0.1) is 23.1 Å². The quantitative estimate of drug-likeness (QED) is 0.551. The van der Waals surface area contributed by atoms with Gasteiger partial charge in [-0.15, -0.1) is 0 Å². The summed E-state index contributed by atoms with van der Waals surface area (Å²) in [7, 11) is 0. The van der Waals surface area contributed by atoms with E-state index in [-0.39, 0.29) is 25.2 Å². The van der Waals surface area contributed by atoms with Gasteiger partial charge in [-0.3, -0.25) is 4.98 Å². The van der Waals surface area contributed by atoms with Crippen LogP contribution < -0.4 is 5.73 Å². The summed E-state index contributed by atoms with van der Waals surface area (Å²) in [4.78, 5) is 20.0. The largest absolute Gasteiger partial charge is 0.477 e. The molecule has 7 nitrogen and oxygen atoms in total. The van der Waals surface area contributed by atoms with E-state index in [0.29, 0.717) is 5.82 Å². The van der Waals surface area contributed by atoms with Gasteiger partial charge in [-0.2, -0.15) is 18.6 Å². The Morgan fingerprint density at radius 2 is 1.89 bits per heavy atom. The van der Waals surface area contributed by atoms with E-state index in [4.69, 9.17) is 5.73 Å². The number of nitrogens with zero attached hydrogens (tertiary/aromatic N) is 4. The van der Waals surface area contributed by atoms with E-state index in [1.165, 1.54) is 6.07 Å². The summed E-state index contributed by atoms with van der Waals surface area (Å²) in [5, 5.41) is 14.5. The topological polar surface area (TPSA) is 107 Å². The predicted molar refractivity (Wildman–Crippen MR) is 112 cm³/mol. The van der Waals surface area contributed by atoms with Crippen molar-refractivity contribution in [3.8, 4) is 17.1 Å². The summed E-state index contributed by atoms with van der Waals surface area (Å²) in [6, 6.07) is 16.3. The van der Waals surface area contributed by atoms with Gasteiger partial charge in [-0.1, -0.05) is 24.3 Å². The van der Waals surface area contributed by atoms with Crippen molar-refractivity contribution in [1.29, 1.82) is 0 Å². The molecule has 0 fully saturated rings. The molecule has 0 unspecified atom stereocenters. The molecule has 3 aromatic heterocycles. The first-order chi connectivity index (χ1) is 13.0. The van der Waals surface area contributed by atoms with Crippen LogP contribution in [0.25, 0.3) is 28.0 Å². The lowest BCUT2D eigenvalue weighted by Gasteiger charge is -2.08. The number of benzene rings is 1. The average molecular weight is 393 g/mol. The molecule has 3 heterocycles. The summed E-state index contributed by atoms with van der Waals surface area (Å²) in [6.07, 6.45) is 1.72. The SMILES string of the molecule is C[C@H](N)c1cccc(-c2ccc3cnn(-c4cccc(C(=O)O)n4)c3c2)n1.S. The fraction of sp³-hybridized carbons (Fsp3) is 0.100. The third-order valence-corrected chi connectivity index (χ3v) is 4.27. The Balaban J connectivity index is 0.00000225. The van der Waals surface area contributed by atoms with Crippen molar-refractivity contribution in [2.75, 3.05) is 0 Å². The minimum absolute atomic E-state index is 0.